The van der Waals surface area contributed by atoms with Gasteiger partial charge in [0, 0.05) is 10.7 Å². The minimum atomic E-state index is -3.58. The van der Waals surface area contributed by atoms with Gasteiger partial charge >= 0.3 is 5.97 Å². The van der Waals surface area contributed by atoms with E-state index in [2.05, 4.69) is 4.74 Å². The van der Waals surface area contributed by atoms with Crippen LogP contribution in [0.1, 0.15) is 6.42 Å². The minimum Gasteiger partial charge on any atom is -0.468 e. The second kappa shape index (κ2) is 6.42. The number of halogens is 2. The van der Waals surface area contributed by atoms with Gasteiger partial charge in [0.25, 0.3) is 0 Å². The number of rotatable bonds is 4. The Labute approximate surface area is 87.4 Å². The Balaban J connectivity index is 0. The predicted molar refractivity (Wildman–Crippen MR) is 51.5 cm³/mol. The van der Waals surface area contributed by atoms with Crippen molar-refractivity contribution < 1.29 is 17.9 Å². The predicted octanol–water partition coefficient (Wildman–Crippen LogP) is -0.133. The number of carbonyl (C=O) groups is 1. The van der Waals surface area contributed by atoms with Crippen LogP contribution >= 0.6 is 23.1 Å². The molecule has 0 fully saturated rings. The van der Waals surface area contributed by atoms with Crippen LogP contribution < -0.4 is 5.73 Å². The van der Waals surface area contributed by atoms with E-state index in [9.17, 15) is 13.2 Å². The van der Waals surface area contributed by atoms with E-state index >= 15 is 0 Å². The lowest BCUT2D eigenvalue weighted by Crippen LogP contribution is -2.33. The Morgan fingerprint density at radius 2 is 2.08 bits per heavy atom. The van der Waals surface area contributed by atoms with E-state index in [-0.39, 0.29) is 24.6 Å². The second-order valence-corrected chi connectivity index (χ2v) is 5.06. The van der Waals surface area contributed by atoms with E-state index in [1.807, 2.05) is 0 Å². The summed E-state index contributed by atoms with van der Waals surface area (Å²) in [6.07, 6.45) is -0.0293. The van der Waals surface area contributed by atoms with E-state index in [1.165, 1.54) is 7.11 Å². The molecule has 0 spiro atoms. The molecule has 13 heavy (non-hydrogen) atoms. The molecule has 0 heterocycles. The topological polar surface area (TPSA) is 86.5 Å². The lowest BCUT2D eigenvalue weighted by Gasteiger charge is -2.06. The number of nitrogens with two attached hydrogens (primary N) is 1. The van der Waals surface area contributed by atoms with Crippen LogP contribution in [0, 0.1) is 0 Å². The highest BCUT2D eigenvalue weighted by atomic mass is 35.7. The first-order chi connectivity index (χ1) is 5.37. The van der Waals surface area contributed by atoms with Gasteiger partial charge in [-0.1, -0.05) is 0 Å². The van der Waals surface area contributed by atoms with E-state index in [0.717, 1.165) is 0 Å². The minimum absolute atomic E-state index is 0. The molecule has 0 rings (SSSR count). The lowest BCUT2D eigenvalue weighted by molar-refractivity contribution is -0.142. The number of hydrogen-bond donors (Lipinski definition) is 1. The van der Waals surface area contributed by atoms with Crippen molar-refractivity contribution in [2.45, 2.75) is 12.5 Å². The van der Waals surface area contributed by atoms with Crippen molar-refractivity contribution in [1.82, 2.24) is 0 Å². The molecule has 0 amide bonds. The first-order valence-corrected chi connectivity index (χ1v) is 5.60. The van der Waals surface area contributed by atoms with Crippen LogP contribution in [-0.4, -0.2) is 33.3 Å². The fourth-order valence-corrected chi connectivity index (χ4v) is 1.34. The van der Waals surface area contributed by atoms with Gasteiger partial charge in [-0.3, -0.25) is 4.79 Å². The van der Waals surface area contributed by atoms with Crippen LogP contribution in [0.3, 0.4) is 0 Å². The molecule has 0 aromatic carbocycles. The Bertz CT molecular complexity index is 253. The van der Waals surface area contributed by atoms with E-state index in [0.29, 0.717) is 0 Å². The first kappa shape index (κ1) is 15.4. The van der Waals surface area contributed by atoms with Crippen molar-refractivity contribution in [3.05, 3.63) is 0 Å². The Morgan fingerprint density at radius 1 is 1.62 bits per heavy atom. The molecule has 0 aromatic heterocycles. The molecule has 0 aliphatic rings. The monoisotopic (exact) mass is 251 g/mol. The van der Waals surface area contributed by atoms with Crippen LogP contribution in [0.2, 0.25) is 0 Å². The van der Waals surface area contributed by atoms with Gasteiger partial charge in [-0.2, -0.15) is 0 Å². The van der Waals surface area contributed by atoms with Gasteiger partial charge < -0.3 is 10.5 Å². The summed E-state index contributed by atoms with van der Waals surface area (Å²) in [5, 5.41) is 0. The van der Waals surface area contributed by atoms with Gasteiger partial charge in [0.05, 0.1) is 12.9 Å². The molecule has 2 N–H and O–H groups in total. The van der Waals surface area contributed by atoms with Crippen molar-refractivity contribution >= 4 is 38.1 Å². The number of hydrogen-bond acceptors (Lipinski definition) is 5. The zero-order chi connectivity index (χ0) is 9.78. The molecule has 80 valence electrons. The third-order valence-corrected chi connectivity index (χ3v) is 2.36. The van der Waals surface area contributed by atoms with Crippen LogP contribution in [0.25, 0.3) is 0 Å². The van der Waals surface area contributed by atoms with Gasteiger partial charge in [-0.25, -0.2) is 8.42 Å². The standard InChI is InChI=1S/C5H10ClNO4S.ClH/c1-11-5(8)4(7)2-3-12(6,9)10;/h4H,2-3,7H2,1H3;1H/t4-;/m0./s1. The van der Waals surface area contributed by atoms with E-state index < -0.39 is 21.1 Å². The molecule has 0 saturated heterocycles. The van der Waals surface area contributed by atoms with Crippen molar-refractivity contribution in [2.75, 3.05) is 12.9 Å². The third kappa shape index (κ3) is 8.29. The summed E-state index contributed by atoms with van der Waals surface area (Å²) in [6.45, 7) is 0. The summed E-state index contributed by atoms with van der Waals surface area (Å²) in [5.74, 6) is -0.972. The number of ether oxygens (including phenoxy) is 1. The molecule has 0 bridgehead atoms. The fourth-order valence-electron chi connectivity index (χ4n) is 0.537. The number of esters is 1. The molecule has 0 radical (unpaired) electrons. The summed E-state index contributed by atoms with van der Waals surface area (Å²) >= 11 is 0. The summed E-state index contributed by atoms with van der Waals surface area (Å²) in [5.41, 5.74) is 5.24. The summed E-state index contributed by atoms with van der Waals surface area (Å²) < 4.78 is 25.1. The maximum Gasteiger partial charge on any atom is 0.322 e. The van der Waals surface area contributed by atoms with Gasteiger partial charge in [0.15, 0.2) is 0 Å². The maximum absolute atomic E-state index is 10.6. The summed E-state index contributed by atoms with van der Waals surface area (Å²) in [4.78, 5) is 10.6. The van der Waals surface area contributed by atoms with Gasteiger partial charge in [-0.15, -0.1) is 12.4 Å². The van der Waals surface area contributed by atoms with Gasteiger partial charge in [0.1, 0.15) is 6.04 Å². The zero-order valence-corrected chi connectivity index (χ0v) is 9.29. The molecule has 5 nitrogen and oxygen atoms in total. The Morgan fingerprint density at radius 3 is 2.38 bits per heavy atom. The lowest BCUT2D eigenvalue weighted by atomic mass is 10.2. The SMILES string of the molecule is COC(=O)[C@@H](N)CCS(=O)(=O)Cl.Cl. The average Bonchev–Trinajstić information content (AvgIpc) is 1.97. The van der Waals surface area contributed by atoms with Crippen molar-refractivity contribution in [1.29, 1.82) is 0 Å². The summed E-state index contributed by atoms with van der Waals surface area (Å²) in [6, 6.07) is -0.927. The zero-order valence-electron chi connectivity index (χ0n) is 6.90. The van der Waals surface area contributed by atoms with Crippen LogP contribution in [-0.2, 0) is 18.6 Å². The van der Waals surface area contributed by atoms with E-state index in [4.69, 9.17) is 16.4 Å². The highest BCUT2D eigenvalue weighted by molar-refractivity contribution is 8.13. The van der Waals surface area contributed by atoms with Crippen LogP contribution in [0.4, 0.5) is 0 Å². The molecular formula is C5H11Cl2NO4S. The molecule has 0 saturated carbocycles. The van der Waals surface area contributed by atoms with Crippen LogP contribution in [0.5, 0.6) is 0 Å². The fraction of sp³-hybridized carbons (Fsp3) is 0.800. The first-order valence-electron chi connectivity index (χ1n) is 3.12. The van der Waals surface area contributed by atoms with Gasteiger partial charge in [0.2, 0.25) is 9.05 Å². The number of carbonyl (C=O) groups excluding carboxylic acids is 1. The smallest absolute Gasteiger partial charge is 0.322 e. The molecule has 0 aliphatic carbocycles. The highest BCUT2D eigenvalue weighted by Gasteiger charge is 2.16. The highest BCUT2D eigenvalue weighted by Crippen LogP contribution is 2.01. The quantitative estimate of drug-likeness (QED) is 0.556. The normalized spacial score (nSPS) is 12.8. The molecule has 0 aromatic rings. The third-order valence-electron chi connectivity index (χ3n) is 1.18. The number of methoxy groups -OCH3 is 1. The molecule has 0 unspecified atom stereocenters. The molecular weight excluding hydrogens is 241 g/mol. The van der Waals surface area contributed by atoms with Crippen molar-refractivity contribution in [3.8, 4) is 0 Å². The molecule has 1 atom stereocenters. The van der Waals surface area contributed by atoms with Crippen molar-refractivity contribution in [2.24, 2.45) is 5.73 Å². The Hall–Kier alpha value is -0.0400. The maximum atomic E-state index is 10.6. The van der Waals surface area contributed by atoms with Gasteiger partial charge in [-0.05, 0) is 6.42 Å². The Kier molecular flexibility index (Phi) is 7.62. The largest absolute Gasteiger partial charge is 0.468 e. The van der Waals surface area contributed by atoms with Crippen molar-refractivity contribution in [3.63, 3.8) is 0 Å². The summed E-state index contributed by atoms with van der Waals surface area (Å²) in [7, 11) is 2.49. The van der Waals surface area contributed by atoms with Crippen LogP contribution in [0.15, 0.2) is 0 Å². The second-order valence-electron chi connectivity index (χ2n) is 2.16. The molecule has 8 heteroatoms. The molecule has 0 aliphatic heterocycles. The van der Waals surface area contributed by atoms with E-state index in [1.54, 1.807) is 0 Å². The average molecular weight is 252 g/mol.